The van der Waals surface area contributed by atoms with Crippen molar-refractivity contribution < 1.29 is 9.90 Å². The minimum absolute atomic E-state index is 0.204. The summed E-state index contributed by atoms with van der Waals surface area (Å²) in [6.07, 6.45) is 4.21. The molecule has 23 heavy (non-hydrogen) atoms. The predicted molar refractivity (Wildman–Crippen MR) is 94.1 cm³/mol. The van der Waals surface area contributed by atoms with Crippen LogP contribution in [0.4, 0.5) is 10.5 Å². The first kappa shape index (κ1) is 18.0. The molecule has 1 fully saturated rings. The third-order valence-corrected chi connectivity index (χ3v) is 4.55. The van der Waals surface area contributed by atoms with E-state index in [0.29, 0.717) is 17.6 Å². The summed E-state index contributed by atoms with van der Waals surface area (Å²) in [5, 5.41) is 15.6. The summed E-state index contributed by atoms with van der Waals surface area (Å²) >= 11 is 5.94. The second-order valence-corrected chi connectivity index (χ2v) is 6.50. The van der Waals surface area contributed by atoms with Crippen LogP contribution in [-0.4, -0.2) is 48.3 Å². The van der Waals surface area contributed by atoms with Crippen molar-refractivity contribution >= 4 is 23.3 Å². The predicted octanol–water partition coefficient (Wildman–Crippen LogP) is 3.01. The van der Waals surface area contributed by atoms with Crippen LogP contribution in [-0.2, 0) is 0 Å². The SMILES string of the molecule is Cc1ccc(Cl)cc1NC(=O)NCCCCN1CCCC1CO. The summed E-state index contributed by atoms with van der Waals surface area (Å²) in [7, 11) is 0. The van der Waals surface area contributed by atoms with E-state index in [1.54, 1.807) is 12.1 Å². The number of carbonyl (C=O) groups excluding carboxylic acids is 1. The Labute approximate surface area is 143 Å². The van der Waals surface area contributed by atoms with E-state index in [1.165, 1.54) is 6.42 Å². The number of aliphatic hydroxyl groups is 1. The van der Waals surface area contributed by atoms with Crippen LogP contribution < -0.4 is 10.6 Å². The van der Waals surface area contributed by atoms with E-state index in [4.69, 9.17) is 11.6 Å². The van der Waals surface area contributed by atoms with Crippen molar-refractivity contribution in [3.05, 3.63) is 28.8 Å². The Morgan fingerprint density at radius 1 is 1.43 bits per heavy atom. The Kier molecular flexibility index (Phi) is 7.15. The van der Waals surface area contributed by atoms with E-state index < -0.39 is 0 Å². The highest BCUT2D eigenvalue weighted by atomic mass is 35.5. The molecule has 2 amide bonds. The lowest BCUT2D eigenvalue weighted by atomic mass is 10.2. The van der Waals surface area contributed by atoms with Crippen molar-refractivity contribution in [2.45, 2.75) is 38.6 Å². The number of nitrogens with one attached hydrogen (secondary N) is 2. The molecule has 0 saturated carbocycles. The Bertz CT molecular complexity index is 525. The minimum Gasteiger partial charge on any atom is -0.395 e. The smallest absolute Gasteiger partial charge is 0.319 e. The molecule has 1 aliphatic rings. The van der Waals surface area contributed by atoms with Gasteiger partial charge in [0.05, 0.1) is 6.61 Å². The highest BCUT2D eigenvalue weighted by Crippen LogP contribution is 2.20. The summed E-state index contributed by atoms with van der Waals surface area (Å²) in [4.78, 5) is 14.2. The molecule has 1 aliphatic heterocycles. The van der Waals surface area contributed by atoms with Gasteiger partial charge in [0.25, 0.3) is 0 Å². The number of anilines is 1. The van der Waals surface area contributed by atoms with Crippen LogP contribution in [0.5, 0.6) is 0 Å². The third kappa shape index (κ3) is 5.68. The van der Waals surface area contributed by atoms with Gasteiger partial charge in [-0.25, -0.2) is 4.79 Å². The summed E-state index contributed by atoms with van der Waals surface area (Å²) in [6, 6.07) is 5.56. The fourth-order valence-corrected chi connectivity index (χ4v) is 3.11. The summed E-state index contributed by atoms with van der Waals surface area (Å²) in [6.45, 7) is 4.89. The van der Waals surface area contributed by atoms with E-state index in [0.717, 1.165) is 43.6 Å². The maximum Gasteiger partial charge on any atom is 0.319 e. The maximum absolute atomic E-state index is 11.9. The summed E-state index contributed by atoms with van der Waals surface area (Å²) in [5.41, 5.74) is 1.71. The van der Waals surface area contributed by atoms with Gasteiger partial charge in [0.1, 0.15) is 0 Å². The quantitative estimate of drug-likeness (QED) is 0.669. The van der Waals surface area contributed by atoms with Gasteiger partial charge in [0, 0.05) is 23.3 Å². The number of aryl methyl sites for hydroxylation is 1. The zero-order valence-electron chi connectivity index (χ0n) is 13.6. The number of nitrogens with zero attached hydrogens (tertiary/aromatic N) is 1. The molecule has 1 unspecified atom stereocenters. The van der Waals surface area contributed by atoms with Crippen LogP contribution in [0.2, 0.25) is 5.02 Å². The fraction of sp³-hybridized carbons (Fsp3) is 0.588. The number of carbonyl (C=O) groups is 1. The number of urea groups is 1. The second-order valence-electron chi connectivity index (χ2n) is 6.06. The molecule has 0 aromatic heterocycles. The normalized spacial score (nSPS) is 18.1. The lowest BCUT2D eigenvalue weighted by Gasteiger charge is -2.22. The average molecular weight is 340 g/mol. The number of aliphatic hydroxyl groups excluding tert-OH is 1. The van der Waals surface area contributed by atoms with Gasteiger partial charge < -0.3 is 15.7 Å². The first-order valence-electron chi connectivity index (χ1n) is 8.26. The van der Waals surface area contributed by atoms with E-state index in [1.807, 2.05) is 13.0 Å². The Morgan fingerprint density at radius 2 is 2.26 bits per heavy atom. The second kappa shape index (κ2) is 9.11. The zero-order chi connectivity index (χ0) is 16.7. The largest absolute Gasteiger partial charge is 0.395 e. The van der Waals surface area contributed by atoms with Gasteiger partial charge in [-0.2, -0.15) is 0 Å². The molecule has 0 bridgehead atoms. The van der Waals surface area contributed by atoms with Crippen LogP contribution in [0.1, 0.15) is 31.2 Å². The van der Waals surface area contributed by atoms with Gasteiger partial charge in [-0.1, -0.05) is 17.7 Å². The number of amides is 2. The van der Waals surface area contributed by atoms with Gasteiger partial charge in [-0.3, -0.25) is 4.90 Å². The molecule has 1 heterocycles. The summed E-state index contributed by atoms with van der Waals surface area (Å²) < 4.78 is 0. The number of hydrogen-bond donors (Lipinski definition) is 3. The molecular weight excluding hydrogens is 314 g/mol. The molecule has 1 atom stereocenters. The van der Waals surface area contributed by atoms with Crippen LogP contribution in [0, 0.1) is 6.92 Å². The minimum atomic E-state index is -0.204. The number of unbranched alkanes of at least 4 members (excludes halogenated alkanes) is 1. The van der Waals surface area contributed by atoms with E-state index in [2.05, 4.69) is 15.5 Å². The Balaban J connectivity index is 1.62. The molecule has 128 valence electrons. The topological polar surface area (TPSA) is 64.6 Å². The van der Waals surface area contributed by atoms with Crippen molar-refractivity contribution in [1.82, 2.24) is 10.2 Å². The average Bonchev–Trinajstić information content (AvgIpc) is 2.98. The molecular formula is C17H26ClN3O2. The van der Waals surface area contributed by atoms with Crippen LogP contribution in [0.25, 0.3) is 0 Å². The van der Waals surface area contributed by atoms with Crippen LogP contribution in [0.3, 0.4) is 0 Å². The van der Waals surface area contributed by atoms with Crippen molar-refractivity contribution in [3.63, 3.8) is 0 Å². The van der Waals surface area contributed by atoms with Gasteiger partial charge >= 0.3 is 6.03 Å². The first-order chi connectivity index (χ1) is 11.1. The third-order valence-electron chi connectivity index (χ3n) is 4.32. The van der Waals surface area contributed by atoms with Crippen molar-refractivity contribution in [2.75, 3.05) is 31.6 Å². The molecule has 1 aromatic carbocycles. The molecule has 1 saturated heterocycles. The molecule has 1 aromatic rings. The molecule has 2 rings (SSSR count). The van der Waals surface area contributed by atoms with Gasteiger partial charge in [-0.05, 0) is 63.4 Å². The van der Waals surface area contributed by atoms with Gasteiger partial charge in [0.2, 0.25) is 0 Å². The lowest BCUT2D eigenvalue weighted by molar-refractivity contribution is 0.157. The highest BCUT2D eigenvalue weighted by Gasteiger charge is 2.22. The molecule has 0 aliphatic carbocycles. The van der Waals surface area contributed by atoms with Crippen molar-refractivity contribution in [1.29, 1.82) is 0 Å². The standard InChI is InChI=1S/C17H26ClN3O2/c1-13-6-7-14(18)11-16(13)20-17(23)19-8-2-3-9-21-10-4-5-15(21)12-22/h6-7,11,15,22H,2-5,8-10,12H2,1H3,(H2,19,20,23). The number of halogens is 1. The van der Waals surface area contributed by atoms with Crippen molar-refractivity contribution in [2.24, 2.45) is 0 Å². The van der Waals surface area contributed by atoms with E-state index in [9.17, 15) is 9.90 Å². The number of likely N-dealkylation sites (tertiary alicyclic amines) is 1. The Morgan fingerprint density at radius 3 is 3.04 bits per heavy atom. The molecule has 6 heteroatoms. The highest BCUT2D eigenvalue weighted by molar-refractivity contribution is 6.31. The molecule has 5 nitrogen and oxygen atoms in total. The Hall–Kier alpha value is -1.30. The zero-order valence-corrected chi connectivity index (χ0v) is 14.4. The monoisotopic (exact) mass is 339 g/mol. The van der Waals surface area contributed by atoms with E-state index >= 15 is 0 Å². The van der Waals surface area contributed by atoms with Gasteiger partial charge in [-0.15, -0.1) is 0 Å². The summed E-state index contributed by atoms with van der Waals surface area (Å²) in [5.74, 6) is 0. The van der Waals surface area contributed by atoms with E-state index in [-0.39, 0.29) is 12.6 Å². The molecule has 0 radical (unpaired) electrons. The molecule has 3 N–H and O–H groups in total. The maximum atomic E-state index is 11.9. The number of benzene rings is 1. The first-order valence-corrected chi connectivity index (χ1v) is 8.64. The van der Waals surface area contributed by atoms with Crippen LogP contribution in [0.15, 0.2) is 18.2 Å². The lowest BCUT2D eigenvalue weighted by Crippen LogP contribution is -2.34. The van der Waals surface area contributed by atoms with Crippen molar-refractivity contribution in [3.8, 4) is 0 Å². The number of rotatable bonds is 7. The number of hydrogen-bond acceptors (Lipinski definition) is 3. The molecule has 0 spiro atoms. The van der Waals surface area contributed by atoms with Gasteiger partial charge in [0.15, 0.2) is 0 Å². The van der Waals surface area contributed by atoms with Crippen LogP contribution >= 0.6 is 11.6 Å². The fourth-order valence-electron chi connectivity index (χ4n) is 2.93.